The summed E-state index contributed by atoms with van der Waals surface area (Å²) in [6.07, 6.45) is 4.29. The van der Waals surface area contributed by atoms with Gasteiger partial charge in [-0.15, -0.1) is 6.58 Å². The predicted molar refractivity (Wildman–Crippen MR) is 59.0 cm³/mol. The number of aliphatic hydroxyl groups excluding tert-OH is 2. The van der Waals surface area contributed by atoms with Gasteiger partial charge >= 0.3 is 0 Å². The summed E-state index contributed by atoms with van der Waals surface area (Å²) >= 11 is 0. The zero-order valence-electron chi connectivity index (χ0n) is 9.23. The number of carbonyl (C=O) groups excluding carboxylic acids is 1. The quantitative estimate of drug-likeness (QED) is 0.565. The van der Waals surface area contributed by atoms with E-state index in [1.54, 1.807) is 26.0 Å². The van der Waals surface area contributed by atoms with Gasteiger partial charge in [0, 0.05) is 11.6 Å². The van der Waals surface area contributed by atoms with Crippen LogP contribution in [-0.2, 0) is 4.79 Å². The summed E-state index contributed by atoms with van der Waals surface area (Å²) < 4.78 is 0. The van der Waals surface area contributed by atoms with Gasteiger partial charge in [0.25, 0.3) is 5.91 Å². The van der Waals surface area contributed by atoms with Gasteiger partial charge in [-0.2, -0.15) is 0 Å². The van der Waals surface area contributed by atoms with Crippen LogP contribution in [0.2, 0.25) is 0 Å². The number of nitrogens with one attached hydrogen (secondary N) is 1. The number of hydrogen-bond donors (Lipinski definition) is 3. The Morgan fingerprint density at radius 1 is 1.60 bits per heavy atom. The largest absolute Gasteiger partial charge is 0.396 e. The Balaban J connectivity index is 4.16. The van der Waals surface area contributed by atoms with Crippen LogP contribution in [-0.4, -0.2) is 28.8 Å². The summed E-state index contributed by atoms with van der Waals surface area (Å²) in [4.78, 5) is 11.4. The summed E-state index contributed by atoms with van der Waals surface area (Å²) in [6.45, 7) is 6.50. The van der Waals surface area contributed by atoms with Gasteiger partial charge in [-0.1, -0.05) is 26.0 Å². The highest BCUT2D eigenvalue weighted by molar-refractivity contribution is 5.82. The van der Waals surface area contributed by atoms with Gasteiger partial charge in [-0.05, 0) is 6.42 Å². The Labute approximate surface area is 90.3 Å². The van der Waals surface area contributed by atoms with Gasteiger partial charge in [0.05, 0.1) is 6.61 Å². The summed E-state index contributed by atoms with van der Waals surface area (Å²) in [5.41, 5.74) is -0.837. The highest BCUT2D eigenvalue weighted by Crippen LogP contribution is 2.19. The van der Waals surface area contributed by atoms with Crippen LogP contribution >= 0.6 is 0 Å². The highest BCUT2D eigenvalue weighted by Gasteiger charge is 2.32. The number of hydrogen-bond acceptors (Lipinski definition) is 3. The van der Waals surface area contributed by atoms with Crippen LogP contribution in [0, 0.1) is 5.41 Å². The zero-order chi connectivity index (χ0) is 11.9. The van der Waals surface area contributed by atoms with Crippen LogP contribution in [0.3, 0.4) is 0 Å². The third kappa shape index (κ3) is 4.76. The molecule has 1 atom stereocenters. The van der Waals surface area contributed by atoms with E-state index < -0.39 is 17.4 Å². The zero-order valence-corrected chi connectivity index (χ0v) is 9.23. The lowest BCUT2D eigenvalue weighted by atomic mass is 9.87. The van der Waals surface area contributed by atoms with Crippen molar-refractivity contribution < 1.29 is 15.0 Å². The van der Waals surface area contributed by atoms with Crippen molar-refractivity contribution in [1.29, 1.82) is 0 Å². The van der Waals surface area contributed by atoms with E-state index in [0.29, 0.717) is 6.42 Å². The Morgan fingerprint density at radius 2 is 2.20 bits per heavy atom. The van der Waals surface area contributed by atoms with Crippen LogP contribution in [0.5, 0.6) is 0 Å². The Kier molecular flexibility index (Phi) is 5.89. The Hall–Kier alpha value is -1.13. The first kappa shape index (κ1) is 13.9. The second-order valence-corrected chi connectivity index (χ2v) is 3.98. The molecule has 0 aliphatic rings. The van der Waals surface area contributed by atoms with Crippen LogP contribution in [0.4, 0.5) is 0 Å². The normalized spacial score (nSPS) is 13.9. The molecule has 0 aliphatic heterocycles. The molecule has 0 aromatic carbocycles. The molecule has 0 aliphatic carbocycles. The summed E-state index contributed by atoms with van der Waals surface area (Å²) in [5.74, 6) is -0.519. The van der Waals surface area contributed by atoms with Crippen molar-refractivity contribution in [3.05, 3.63) is 24.9 Å². The van der Waals surface area contributed by atoms with Crippen molar-refractivity contribution in [3.8, 4) is 0 Å². The summed E-state index contributed by atoms with van der Waals surface area (Å²) in [6, 6.07) is 0. The highest BCUT2D eigenvalue weighted by atomic mass is 16.3. The molecule has 0 aromatic heterocycles. The van der Waals surface area contributed by atoms with Gasteiger partial charge in [0.2, 0.25) is 0 Å². The molecule has 0 bridgehead atoms. The molecule has 0 spiro atoms. The third-order valence-electron chi connectivity index (χ3n) is 2.04. The first-order valence-electron chi connectivity index (χ1n) is 4.81. The van der Waals surface area contributed by atoms with Crippen molar-refractivity contribution in [2.75, 3.05) is 6.61 Å². The molecular formula is C11H19NO3. The third-order valence-corrected chi connectivity index (χ3v) is 2.04. The van der Waals surface area contributed by atoms with Crippen molar-refractivity contribution in [3.63, 3.8) is 0 Å². The summed E-state index contributed by atoms with van der Waals surface area (Å²) in [5, 5.41) is 21.0. The van der Waals surface area contributed by atoms with Gasteiger partial charge in [0.1, 0.15) is 6.10 Å². The molecule has 0 radical (unpaired) electrons. The molecule has 4 nitrogen and oxygen atoms in total. The maximum Gasteiger partial charge on any atom is 0.253 e. The molecule has 0 heterocycles. The minimum absolute atomic E-state index is 0.252. The second-order valence-electron chi connectivity index (χ2n) is 3.98. The maximum absolute atomic E-state index is 11.4. The minimum Gasteiger partial charge on any atom is -0.396 e. The van der Waals surface area contributed by atoms with Crippen molar-refractivity contribution in [1.82, 2.24) is 5.32 Å². The molecule has 0 aromatic rings. The fraction of sp³-hybridized carbons (Fsp3) is 0.545. The van der Waals surface area contributed by atoms with Crippen molar-refractivity contribution >= 4 is 5.91 Å². The van der Waals surface area contributed by atoms with Gasteiger partial charge in [0.15, 0.2) is 0 Å². The monoisotopic (exact) mass is 213 g/mol. The minimum atomic E-state index is -1.23. The van der Waals surface area contributed by atoms with E-state index >= 15 is 0 Å². The smallest absolute Gasteiger partial charge is 0.253 e. The van der Waals surface area contributed by atoms with E-state index in [-0.39, 0.29) is 6.61 Å². The average Bonchev–Trinajstić information content (AvgIpc) is 2.23. The second kappa shape index (κ2) is 6.37. The molecule has 1 amide bonds. The van der Waals surface area contributed by atoms with Crippen LogP contribution in [0.1, 0.15) is 20.3 Å². The Bertz CT molecular complexity index is 246. The summed E-state index contributed by atoms with van der Waals surface area (Å²) in [7, 11) is 0. The lowest BCUT2D eigenvalue weighted by molar-refractivity contribution is -0.136. The number of aliphatic hydroxyl groups is 2. The van der Waals surface area contributed by atoms with E-state index in [4.69, 9.17) is 5.11 Å². The molecule has 0 unspecified atom stereocenters. The first-order chi connectivity index (χ1) is 6.95. The molecule has 0 saturated carbocycles. The topological polar surface area (TPSA) is 69.6 Å². The predicted octanol–water partition coefficient (Wildman–Crippen LogP) is 0.572. The van der Waals surface area contributed by atoms with Crippen molar-refractivity contribution in [2.24, 2.45) is 5.41 Å². The van der Waals surface area contributed by atoms with Crippen LogP contribution in [0.25, 0.3) is 0 Å². The van der Waals surface area contributed by atoms with E-state index in [1.165, 1.54) is 6.20 Å². The van der Waals surface area contributed by atoms with Gasteiger partial charge in [-0.25, -0.2) is 0 Å². The number of amides is 1. The van der Waals surface area contributed by atoms with Gasteiger partial charge in [-0.3, -0.25) is 4.79 Å². The molecule has 0 rings (SSSR count). The average molecular weight is 213 g/mol. The number of rotatable bonds is 6. The van der Waals surface area contributed by atoms with Gasteiger partial charge < -0.3 is 15.5 Å². The SMILES string of the molecule is C=CCC=CNC(=O)[C@H](O)C(C)(C)CO. The number of carbonyl (C=O) groups is 1. The molecule has 15 heavy (non-hydrogen) atoms. The molecule has 86 valence electrons. The fourth-order valence-corrected chi connectivity index (χ4v) is 0.826. The van der Waals surface area contributed by atoms with E-state index in [2.05, 4.69) is 11.9 Å². The van der Waals surface area contributed by atoms with E-state index in [1.807, 2.05) is 0 Å². The molecule has 0 saturated heterocycles. The molecule has 0 fully saturated rings. The lowest BCUT2D eigenvalue weighted by Gasteiger charge is -2.26. The molecular weight excluding hydrogens is 194 g/mol. The fourth-order valence-electron chi connectivity index (χ4n) is 0.826. The molecule has 4 heteroatoms. The van der Waals surface area contributed by atoms with Crippen LogP contribution in [0.15, 0.2) is 24.9 Å². The standard InChI is InChI=1S/C11H19NO3/c1-4-5-6-7-12-10(15)9(14)11(2,3)8-13/h4,6-7,9,13-14H,1,5,8H2,2-3H3,(H,12,15)/t9-/m0/s1. The maximum atomic E-state index is 11.4. The first-order valence-corrected chi connectivity index (χ1v) is 4.81. The Morgan fingerprint density at radius 3 is 2.67 bits per heavy atom. The van der Waals surface area contributed by atoms with Crippen LogP contribution < -0.4 is 5.32 Å². The molecule has 3 N–H and O–H groups in total. The lowest BCUT2D eigenvalue weighted by Crippen LogP contribution is -2.44. The van der Waals surface area contributed by atoms with Crippen molar-refractivity contribution in [2.45, 2.75) is 26.4 Å². The van der Waals surface area contributed by atoms with E-state index in [9.17, 15) is 9.90 Å². The number of allylic oxidation sites excluding steroid dienone is 2. The van der Waals surface area contributed by atoms with E-state index in [0.717, 1.165) is 0 Å².